The van der Waals surface area contributed by atoms with Gasteiger partial charge in [0.2, 0.25) is 0 Å². The molecule has 4 nitrogen and oxygen atoms in total. The summed E-state index contributed by atoms with van der Waals surface area (Å²) in [6, 6.07) is 7.97. The van der Waals surface area contributed by atoms with E-state index in [-0.39, 0.29) is 11.3 Å². The molecule has 1 aromatic heterocycles. The van der Waals surface area contributed by atoms with E-state index in [0.29, 0.717) is 12.4 Å². The summed E-state index contributed by atoms with van der Waals surface area (Å²) < 4.78 is 10.4. The van der Waals surface area contributed by atoms with Gasteiger partial charge >= 0.3 is 5.35 Å². The number of benzene rings is 1. The van der Waals surface area contributed by atoms with Gasteiger partial charge in [0.05, 0.1) is 12.5 Å². The molecule has 1 aromatic carbocycles. The minimum absolute atomic E-state index is 0.0776. The number of para-hydroxylation sites is 1. The molecule has 5 heteroatoms. The maximum atomic E-state index is 5.63. The third-order valence-corrected chi connectivity index (χ3v) is 2.81. The number of nitrogens with zero attached hydrogens (tertiary/aromatic N) is 2. The van der Waals surface area contributed by atoms with Crippen molar-refractivity contribution in [3.05, 3.63) is 41.0 Å². The second-order valence-corrected chi connectivity index (χ2v) is 4.05. The van der Waals surface area contributed by atoms with Gasteiger partial charge < -0.3 is 9.26 Å². The smallest absolute Gasteiger partial charge is 0.320 e. The predicted octanol–water partition coefficient (Wildman–Crippen LogP) is 2.44. The zero-order chi connectivity index (χ0) is 11.0. The van der Waals surface area contributed by atoms with E-state index >= 15 is 0 Å². The molecule has 0 aliphatic carbocycles. The van der Waals surface area contributed by atoms with Crippen LogP contribution in [0.1, 0.15) is 17.3 Å². The molecule has 1 unspecified atom stereocenters. The number of ether oxygens (including phenoxy) is 1. The lowest BCUT2D eigenvalue weighted by molar-refractivity contribution is 0.254. The second-order valence-electron chi connectivity index (χ2n) is 3.73. The quantitative estimate of drug-likeness (QED) is 0.763. The molecule has 0 spiro atoms. The van der Waals surface area contributed by atoms with E-state index in [0.717, 1.165) is 12.2 Å². The zero-order valence-corrected chi connectivity index (χ0v) is 9.15. The minimum Gasteiger partial charge on any atom is -0.493 e. The average molecular weight is 237 g/mol. The maximum Gasteiger partial charge on any atom is 0.320 e. The van der Waals surface area contributed by atoms with Gasteiger partial charge in [0, 0.05) is 0 Å². The number of halogens is 1. The summed E-state index contributed by atoms with van der Waals surface area (Å²) in [6.45, 7) is 0.562. The highest BCUT2D eigenvalue weighted by Crippen LogP contribution is 2.31. The van der Waals surface area contributed by atoms with Crippen LogP contribution in [0.15, 0.2) is 28.8 Å². The molecule has 3 rings (SSSR count). The van der Waals surface area contributed by atoms with Crippen molar-refractivity contribution in [3.63, 3.8) is 0 Å². The van der Waals surface area contributed by atoms with E-state index in [9.17, 15) is 0 Å². The van der Waals surface area contributed by atoms with Gasteiger partial charge in [0.15, 0.2) is 5.82 Å². The molecule has 16 heavy (non-hydrogen) atoms. The SMILES string of the molecule is Clc1nc(C2COc3ccccc3C2)no1. The van der Waals surface area contributed by atoms with Crippen LogP contribution in [0.5, 0.6) is 5.75 Å². The molecule has 2 aromatic rings. The van der Waals surface area contributed by atoms with Crippen LogP contribution in [0.4, 0.5) is 0 Å². The van der Waals surface area contributed by atoms with Crippen LogP contribution >= 0.6 is 11.6 Å². The van der Waals surface area contributed by atoms with Crippen molar-refractivity contribution in [1.29, 1.82) is 0 Å². The highest BCUT2D eigenvalue weighted by Gasteiger charge is 2.24. The molecule has 0 saturated carbocycles. The lowest BCUT2D eigenvalue weighted by Gasteiger charge is -2.22. The summed E-state index contributed by atoms with van der Waals surface area (Å²) in [4.78, 5) is 4.01. The molecule has 1 aliphatic heterocycles. The van der Waals surface area contributed by atoms with Crippen LogP contribution in [0.25, 0.3) is 0 Å². The van der Waals surface area contributed by atoms with Crippen LogP contribution in [0.3, 0.4) is 0 Å². The van der Waals surface area contributed by atoms with Crippen molar-refractivity contribution in [2.45, 2.75) is 12.3 Å². The van der Waals surface area contributed by atoms with Crippen LogP contribution in [0.2, 0.25) is 5.35 Å². The Morgan fingerprint density at radius 3 is 3.00 bits per heavy atom. The van der Waals surface area contributed by atoms with Crippen molar-refractivity contribution in [3.8, 4) is 5.75 Å². The molecular weight excluding hydrogens is 228 g/mol. The monoisotopic (exact) mass is 236 g/mol. The van der Waals surface area contributed by atoms with Crippen LogP contribution in [-0.4, -0.2) is 16.7 Å². The van der Waals surface area contributed by atoms with Gasteiger partial charge in [0.25, 0.3) is 0 Å². The van der Waals surface area contributed by atoms with Crippen molar-refractivity contribution in [2.75, 3.05) is 6.61 Å². The summed E-state index contributed by atoms with van der Waals surface area (Å²) in [5, 5.41) is 3.89. The first kappa shape index (κ1) is 9.66. The largest absolute Gasteiger partial charge is 0.493 e. The van der Waals surface area contributed by atoms with Gasteiger partial charge in [-0.15, -0.1) is 0 Å². The average Bonchev–Trinajstić information content (AvgIpc) is 2.75. The van der Waals surface area contributed by atoms with Crippen molar-refractivity contribution < 1.29 is 9.26 Å². The topological polar surface area (TPSA) is 48.2 Å². The first-order valence-corrected chi connectivity index (χ1v) is 5.40. The van der Waals surface area contributed by atoms with E-state index in [1.165, 1.54) is 5.56 Å². The van der Waals surface area contributed by atoms with E-state index < -0.39 is 0 Å². The fourth-order valence-electron chi connectivity index (χ4n) is 1.87. The molecular formula is C11H9ClN2O2. The standard InChI is InChI=1S/C11H9ClN2O2/c12-11-13-10(14-16-11)8-5-7-3-1-2-4-9(7)15-6-8/h1-4,8H,5-6H2. The summed E-state index contributed by atoms with van der Waals surface area (Å²) in [6.07, 6.45) is 0.853. The van der Waals surface area contributed by atoms with Crippen LogP contribution < -0.4 is 4.74 Å². The summed E-state index contributed by atoms with van der Waals surface area (Å²) in [5.41, 5.74) is 1.17. The molecule has 0 radical (unpaired) electrons. The van der Waals surface area contributed by atoms with E-state index in [4.69, 9.17) is 20.9 Å². The Morgan fingerprint density at radius 2 is 2.19 bits per heavy atom. The lowest BCUT2D eigenvalue weighted by Crippen LogP contribution is -2.20. The Bertz CT molecular complexity index is 512. The van der Waals surface area contributed by atoms with Gasteiger partial charge in [0.1, 0.15) is 5.75 Å². The highest BCUT2D eigenvalue weighted by atomic mass is 35.5. The molecule has 0 amide bonds. The van der Waals surface area contributed by atoms with Crippen molar-refractivity contribution in [2.24, 2.45) is 0 Å². The Kier molecular flexibility index (Phi) is 2.29. The normalized spacial score (nSPS) is 18.9. The van der Waals surface area contributed by atoms with E-state index in [1.807, 2.05) is 24.3 Å². The maximum absolute atomic E-state index is 5.63. The minimum atomic E-state index is 0.0776. The molecule has 82 valence electrons. The zero-order valence-electron chi connectivity index (χ0n) is 8.39. The number of hydrogen-bond donors (Lipinski definition) is 0. The number of aromatic nitrogens is 2. The Labute approximate surface area is 97.2 Å². The number of fused-ring (bicyclic) bond motifs is 1. The fourth-order valence-corrected chi connectivity index (χ4v) is 2.00. The molecule has 0 fully saturated rings. The Morgan fingerprint density at radius 1 is 1.31 bits per heavy atom. The molecule has 0 bridgehead atoms. The molecule has 1 atom stereocenters. The number of rotatable bonds is 1. The molecule has 1 aliphatic rings. The third-order valence-electron chi connectivity index (χ3n) is 2.66. The Balaban J connectivity index is 1.88. The third kappa shape index (κ3) is 1.65. The van der Waals surface area contributed by atoms with Crippen LogP contribution in [0, 0.1) is 0 Å². The van der Waals surface area contributed by atoms with Gasteiger partial charge in [-0.25, -0.2) is 0 Å². The molecule has 0 N–H and O–H groups in total. The highest BCUT2D eigenvalue weighted by molar-refractivity contribution is 6.27. The summed E-state index contributed by atoms with van der Waals surface area (Å²) in [7, 11) is 0. The van der Waals surface area contributed by atoms with E-state index in [1.54, 1.807) is 0 Å². The first-order chi connectivity index (χ1) is 7.83. The van der Waals surface area contributed by atoms with Crippen LogP contribution in [-0.2, 0) is 6.42 Å². The predicted molar refractivity (Wildman–Crippen MR) is 57.7 cm³/mol. The molecule has 2 heterocycles. The molecule has 0 saturated heterocycles. The first-order valence-electron chi connectivity index (χ1n) is 5.03. The van der Waals surface area contributed by atoms with Gasteiger partial charge in [-0.05, 0) is 29.7 Å². The van der Waals surface area contributed by atoms with E-state index in [2.05, 4.69) is 10.1 Å². The van der Waals surface area contributed by atoms with Gasteiger partial charge in [-0.1, -0.05) is 23.4 Å². The van der Waals surface area contributed by atoms with Crippen molar-refractivity contribution in [1.82, 2.24) is 10.1 Å². The van der Waals surface area contributed by atoms with Gasteiger partial charge in [-0.3, -0.25) is 0 Å². The van der Waals surface area contributed by atoms with Gasteiger partial charge in [-0.2, -0.15) is 4.98 Å². The second kappa shape index (κ2) is 3.79. The fraction of sp³-hybridized carbons (Fsp3) is 0.273. The van der Waals surface area contributed by atoms with Crippen molar-refractivity contribution >= 4 is 11.6 Å². The summed E-state index contributed by atoms with van der Waals surface area (Å²) in [5.74, 6) is 1.67. The number of hydrogen-bond acceptors (Lipinski definition) is 4. The lowest BCUT2D eigenvalue weighted by atomic mass is 9.96. The Hall–Kier alpha value is -1.55. The summed E-state index contributed by atoms with van der Waals surface area (Å²) >= 11 is 5.60.